The minimum absolute atomic E-state index is 0.00252. The molecule has 0 radical (unpaired) electrons. The van der Waals surface area contributed by atoms with Gasteiger partial charge in [-0.25, -0.2) is 9.48 Å². The fourth-order valence-corrected chi connectivity index (χ4v) is 4.12. The topological polar surface area (TPSA) is 60.9 Å². The number of aromatic nitrogens is 5. The van der Waals surface area contributed by atoms with Crippen LogP contribution in [0.2, 0.25) is 0 Å². The van der Waals surface area contributed by atoms with Gasteiger partial charge in [-0.05, 0) is 60.5 Å². The summed E-state index contributed by atoms with van der Waals surface area (Å²) in [5.41, 5.74) is 3.78. The van der Waals surface area contributed by atoms with Gasteiger partial charge in [0.05, 0.1) is 5.69 Å². The highest BCUT2D eigenvalue weighted by Crippen LogP contribution is 2.28. The average Bonchev–Trinajstić information content (AvgIpc) is 3.06. The second-order valence-corrected chi connectivity index (χ2v) is 7.75. The van der Waals surface area contributed by atoms with Gasteiger partial charge in [-0.1, -0.05) is 0 Å². The maximum absolute atomic E-state index is 12.1. The largest absolute Gasteiger partial charge is 0.345 e. The first-order valence-corrected chi connectivity index (χ1v) is 9.74. The van der Waals surface area contributed by atoms with Crippen molar-refractivity contribution in [2.45, 2.75) is 72.5 Å². The van der Waals surface area contributed by atoms with Crippen LogP contribution in [-0.2, 0) is 20.1 Å². The Balaban J connectivity index is 1.68. The van der Waals surface area contributed by atoms with Gasteiger partial charge in [0.25, 0.3) is 0 Å². The van der Waals surface area contributed by atoms with Crippen LogP contribution in [-0.4, -0.2) is 42.1 Å². The summed E-state index contributed by atoms with van der Waals surface area (Å²) in [6.45, 7) is 14.4. The number of piperidine rings is 1. The zero-order valence-corrected chi connectivity index (χ0v) is 17.0. The third-order valence-corrected chi connectivity index (χ3v) is 5.65. The van der Waals surface area contributed by atoms with Crippen LogP contribution < -0.4 is 5.69 Å². The van der Waals surface area contributed by atoms with Crippen LogP contribution in [0, 0.1) is 13.8 Å². The first kappa shape index (κ1) is 18.9. The molecule has 0 N–H and O–H groups in total. The molecule has 0 amide bonds. The summed E-state index contributed by atoms with van der Waals surface area (Å²) in [5.74, 6) is 1.33. The first-order chi connectivity index (χ1) is 12.3. The lowest BCUT2D eigenvalue weighted by atomic mass is 9.95. The van der Waals surface area contributed by atoms with E-state index in [2.05, 4.69) is 42.4 Å². The van der Waals surface area contributed by atoms with Crippen LogP contribution in [0.15, 0.2) is 4.79 Å². The van der Waals surface area contributed by atoms with Gasteiger partial charge in [-0.3, -0.25) is 14.1 Å². The molecule has 2 aromatic rings. The minimum Gasteiger partial charge on any atom is -0.299 e. The van der Waals surface area contributed by atoms with Gasteiger partial charge < -0.3 is 0 Å². The molecule has 1 aliphatic rings. The van der Waals surface area contributed by atoms with E-state index in [0.29, 0.717) is 18.5 Å². The molecule has 0 unspecified atom stereocenters. The van der Waals surface area contributed by atoms with Crippen molar-refractivity contribution in [2.75, 3.05) is 13.1 Å². The first-order valence-electron chi connectivity index (χ1n) is 9.74. The molecule has 2 aromatic heterocycles. The highest BCUT2D eigenvalue weighted by Gasteiger charge is 2.27. The number of hydrogen-bond donors (Lipinski definition) is 0. The molecule has 26 heavy (non-hydrogen) atoms. The van der Waals surface area contributed by atoms with Gasteiger partial charge >= 0.3 is 5.69 Å². The fourth-order valence-electron chi connectivity index (χ4n) is 4.12. The fraction of sp³-hybridized carbons (Fsp3) is 0.737. The van der Waals surface area contributed by atoms with Crippen LogP contribution in [0.1, 0.15) is 68.3 Å². The van der Waals surface area contributed by atoms with E-state index in [4.69, 9.17) is 5.10 Å². The molecule has 7 heteroatoms. The minimum atomic E-state index is -0.00252. The molecule has 0 aromatic carbocycles. The lowest BCUT2D eigenvalue weighted by molar-refractivity contribution is 0.199. The molecule has 0 spiro atoms. The summed E-state index contributed by atoms with van der Waals surface area (Å²) in [5, 5.41) is 9.21. The Hall–Kier alpha value is -1.89. The summed E-state index contributed by atoms with van der Waals surface area (Å²) in [4.78, 5) is 14.7. The molecule has 0 aliphatic carbocycles. The molecular weight excluding hydrogens is 328 g/mol. The van der Waals surface area contributed by atoms with Crippen molar-refractivity contribution in [1.29, 1.82) is 0 Å². The van der Waals surface area contributed by atoms with E-state index in [1.807, 2.05) is 11.5 Å². The van der Waals surface area contributed by atoms with Crippen molar-refractivity contribution in [2.24, 2.45) is 7.05 Å². The monoisotopic (exact) mass is 360 g/mol. The molecule has 0 bridgehead atoms. The third kappa shape index (κ3) is 3.37. The van der Waals surface area contributed by atoms with E-state index in [1.165, 1.54) is 15.9 Å². The standard InChI is InChI=1S/C19H32N6O/c1-7-24-18(21-22(6)19(24)26)16-8-10-23(11-9-16)12-17-14(4)20-25(13(2)3)15(17)5/h13,16H,7-12H2,1-6H3. The van der Waals surface area contributed by atoms with E-state index in [9.17, 15) is 4.79 Å². The molecule has 3 heterocycles. The van der Waals surface area contributed by atoms with Crippen molar-refractivity contribution < 1.29 is 0 Å². The molecule has 0 saturated carbocycles. The molecule has 1 aliphatic heterocycles. The molecular formula is C19H32N6O. The lowest BCUT2D eigenvalue weighted by Crippen LogP contribution is -2.34. The Bertz CT molecular complexity index is 820. The Kier molecular flexibility index (Phi) is 5.37. The predicted molar refractivity (Wildman–Crippen MR) is 102 cm³/mol. The second kappa shape index (κ2) is 7.39. The van der Waals surface area contributed by atoms with Crippen molar-refractivity contribution in [3.8, 4) is 0 Å². The SMILES string of the molecule is CCn1c(C2CCN(Cc3c(C)nn(C(C)C)c3C)CC2)nn(C)c1=O. The molecule has 1 fully saturated rings. The Labute approximate surface area is 155 Å². The van der Waals surface area contributed by atoms with Crippen LogP contribution in [0.3, 0.4) is 0 Å². The Morgan fingerprint density at radius 2 is 1.81 bits per heavy atom. The summed E-state index contributed by atoms with van der Waals surface area (Å²) in [6, 6.07) is 0.392. The van der Waals surface area contributed by atoms with Crippen molar-refractivity contribution in [1.82, 2.24) is 29.0 Å². The lowest BCUT2D eigenvalue weighted by Gasteiger charge is -2.31. The van der Waals surface area contributed by atoms with Gasteiger partial charge in [0.1, 0.15) is 5.82 Å². The van der Waals surface area contributed by atoms with Gasteiger partial charge in [-0.15, -0.1) is 0 Å². The number of likely N-dealkylation sites (tertiary alicyclic amines) is 1. The molecule has 1 saturated heterocycles. The van der Waals surface area contributed by atoms with E-state index in [0.717, 1.165) is 44.0 Å². The maximum atomic E-state index is 12.1. The van der Waals surface area contributed by atoms with Gasteiger partial charge in [0.2, 0.25) is 0 Å². The zero-order chi connectivity index (χ0) is 19.0. The van der Waals surface area contributed by atoms with Crippen LogP contribution in [0.4, 0.5) is 0 Å². The summed E-state index contributed by atoms with van der Waals surface area (Å²) < 4.78 is 5.42. The number of rotatable bonds is 5. The smallest absolute Gasteiger partial charge is 0.299 e. The van der Waals surface area contributed by atoms with Crippen LogP contribution >= 0.6 is 0 Å². The number of aryl methyl sites for hydroxylation is 2. The average molecular weight is 361 g/mol. The highest BCUT2D eigenvalue weighted by molar-refractivity contribution is 5.25. The van der Waals surface area contributed by atoms with Crippen LogP contribution in [0.25, 0.3) is 0 Å². The van der Waals surface area contributed by atoms with Crippen molar-refractivity contribution in [3.05, 3.63) is 33.3 Å². The second-order valence-electron chi connectivity index (χ2n) is 7.75. The van der Waals surface area contributed by atoms with Gasteiger partial charge in [-0.2, -0.15) is 10.2 Å². The molecule has 3 rings (SSSR count). The Morgan fingerprint density at radius 3 is 2.35 bits per heavy atom. The van der Waals surface area contributed by atoms with E-state index in [-0.39, 0.29) is 5.69 Å². The predicted octanol–water partition coefficient (Wildman–Crippen LogP) is 2.38. The highest BCUT2D eigenvalue weighted by atomic mass is 16.2. The quantitative estimate of drug-likeness (QED) is 0.821. The van der Waals surface area contributed by atoms with Crippen molar-refractivity contribution in [3.63, 3.8) is 0 Å². The summed E-state index contributed by atoms with van der Waals surface area (Å²) in [7, 11) is 1.74. The normalized spacial score (nSPS) is 16.7. The van der Waals surface area contributed by atoms with E-state index < -0.39 is 0 Å². The van der Waals surface area contributed by atoms with E-state index >= 15 is 0 Å². The third-order valence-electron chi connectivity index (χ3n) is 5.65. The molecule has 7 nitrogen and oxygen atoms in total. The van der Waals surface area contributed by atoms with E-state index in [1.54, 1.807) is 7.05 Å². The van der Waals surface area contributed by atoms with Crippen molar-refractivity contribution >= 4 is 0 Å². The summed E-state index contributed by atoms with van der Waals surface area (Å²) in [6.07, 6.45) is 2.10. The summed E-state index contributed by atoms with van der Waals surface area (Å²) >= 11 is 0. The maximum Gasteiger partial charge on any atom is 0.345 e. The van der Waals surface area contributed by atoms with Gasteiger partial charge in [0.15, 0.2) is 0 Å². The number of hydrogen-bond acceptors (Lipinski definition) is 4. The zero-order valence-electron chi connectivity index (χ0n) is 17.0. The van der Waals surface area contributed by atoms with Gasteiger partial charge in [0, 0.05) is 43.4 Å². The van der Waals surface area contributed by atoms with Crippen LogP contribution in [0.5, 0.6) is 0 Å². The Morgan fingerprint density at radius 1 is 1.15 bits per heavy atom. The number of nitrogens with zero attached hydrogens (tertiary/aromatic N) is 6. The molecule has 0 atom stereocenters. The molecule has 144 valence electrons.